The van der Waals surface area contributed by atoms with Crippen LogP contribution in [0.1, 0.15) is 12.8 Å². The van der Waals surface area contributed by atoms with Crippen LogP contribution in [0.2, 0.25) is 0 Å². The van der Waals surface area contributed by atoms with Gasteiger partial charge in [0.05, 0.1) is 0 Å². The molecule has 1 fully saturated rings. The normalized spacial score (nSPS) is 25.1. The third-order valence-corrected chi connectivity index (χ3v) is 1.55. The largest absolute Gasteiger partial charge is 0.480 e. The third-order valence-electron chi connectivity index (χ3n) is 1.55. The second kappa shape index (κ2) is 1.67. The van der Waals surface area contributed by atoms with Crippen LogP contribution < -0.4 is 5.73 Å². The van der Waals surface area contributed by atoms with Crippen LogP contribution in [0.15, 0.2) is 0 Å². The minimum Gasteiger partial charge on any atom is -0.480 e. The van der Waals surface area contributed by atoms with Gasteiger partial charge in [-0.15, -0.1) is 0 Å². The summed E-state index contributed by atoms with van der Waals surface area (Å²) in [6.07, 6.45) is 0.584. The quantitative estimate of drug-likeness (QED) is 0.553. The number of rotatable bonds is 2. The standard InChI is InChI=1S/C5H8FNO2/c6-5(1-2-5)3(7)4(8)9/h3H,1-2,7H2,(H,8,9). The molecular formula is C5H8FNO2. The Morgan fingerprint density at radius 3 is 2.33 bits per heavy atom. The summed E-state index contributed by atoms with van der Waals surface area (Å²) in [4.78, 5) is 10.0. The maximum atomic E-state index is 12.6. The van der Waals surface area contributed by atoms with E-state index in [-0.39, 0.29) is 0 Å². The number of aliphatic carboxylic acids is 1. The summed E-state index contributed by atoms with van der Waals surface area (Å²) in [7, 11) is 0. The summed E-state index contributed by atoms with van der Waals surface area (Å²) >= 11 is 0. The molecule has 0 amide bonds. The van der Waals surface area contributed by atoms with Crippen LogP contribution in [-0.4, -0.2) is 22.8 Å². The Kier molecular flexibility index (Phi) is 1.20. The number of carboxylic acid groups (broad SMARTS) is 1. The molecule has 0 heterocycles. The van der Waals surface area contributed by atoms with Crippen LogP contribution in [0.5, 0.6) is 0 Å². The van der Waals surface area contributed by atoms with E-state index in [1.165, 1.54) is 0 Å². The number of hydrogen-bond acceptors (Lipinski definition) is 2. The SMILES string of the molecule is NC(C(=O)O)C1(F)CC1. The Balaban J connectivity index is 2.52. The van der Waals surface area contributed by atoms with Crippen molar-refractivity contribution in [3.05, 3.63) is 0 Å². The van der Waals surface area contributed by atoms with E-state index < -0.39 is 17.7 Å². The highest BCUT2D eigenvalue weighted by molar-refractivity contribution is 5.75. The first-order valence-electron chi connectivity index (χ1n) is 2.73. The van der Waals surface area contributed by atoms with Gasteiger partial charge < -0.3 is 10.8 Å². The van der Waals surface area contributed by atoms with Gasteiger partial charge in [0.15, 0.2) is 0 Å². The predicted molar refractivity (Wildman–Crippen MR) is 28.7 cm³/mol. The summed E-state index contributed by atoms with van der Waals surface area (Å²) in [5.74, 6) is -1.25. The maximum Gasteiger partial charge on any atom is 0.323 e. The Morgan fingerprint density at radius 1 is 1.78 bits per heavy atom. The van der Waals surface area contributed by atoms with Crippen molar-refractivity contribution in [3.63, 3.8) is 0 Å². The van der Waals surface area contributed by atoms with Crippen molar-refractivity contribution >= 4 is 5.97 Å². The number of carboxylic acids is 1. The lowest BCUT2D eigenvalue weighted by molar-refractivity contribution is -0.140. The highest BCUT2D eigenvalue weighted by Crippen LogP contribution is 2.42. The molecule has 0 aromatic rings. The maximum absolute atomic E-state index is 12.6. The molecule has 1 unspecified atom stereocenters. The van der Waals surface area contributed by atoms with Gasteiger partial charge in [-0.05, 0) is 12.8 Å². The molecule has 1 rings (SSSR count). The average molecular weight is 133 g/mol. The zero-order valence-corrected chi connectivity index (χ0v) is 4.80. The van der Waals surface area contributed by atoms with Crippen LogP contribution in [-0.2, 0) is 4.79 Å². The molecule has 9 heavy (non-hydrogen) atoms. The van der Waals surface area contributed by atoms with Gasteiger partial charge in [0, 0.05) is 0 Å². The van der Waals surface area contributed by atoms with E-state index in [4.69, 9.17) is 10.8 Å². The second-order valence-corrected chi connectivity index (χ2v) is 2.35. The van der Waals surface area contributed by atoms with Gasteiger partial charge in [-0.1, -0.05) is 0 Å². The molecule has 4 heteroatoms. The van der Waals surface area contributed by atoms with Crippen LogP contribution in [0, 0.1) is 0 Å². The molecule has 0 saturated heterocycles. The number of alkyl halides is 1. The number of nitrogens with two attached hydrogens (primary N) is 1. The molecule has 1 saturated carbocycles. The molecule has 1 aliphatic rings. The summed E-state index contributed by atoms with van der Waals surface area (Å²) in [5, 5.41) is 8.19. The molecule has 0 spiro atoms. The van der Waals surface area contributed by atoms with Crippen LogP contribution in [0.25, 0.3) is 0 Å². The molecule has 1 atom stereocenters. The van der Waals surface area contributed by atoms with E-state index in [1.807, 2.05) is 0 Å². The molecule has 0 radical (unpaired) electrons. The first kappa shape index (κ1) is 6.48. The Hall–Kier alpha value is -0.640. The lowest BCUT2D eigenvalue weighted by Crippen LogP contribution is -2.40. The summed E-state index contributed by atoms with van der Waals surface area (Å²) < 4.78 is 12.6. The van der Waals surface area contributed by atoms with Gasteiger partial charge in [0.25, 0.3) is 0 Å². The van der Waals surface area contributed by atoms with Gasteiger partial charge in [-0.2, -0.15) is 0 Å². The Bertz CT molecular complexity index is 144. The third kappa shape index (κ3) is 1.03. The van der Waals surface area contributed by atoms with Crippen LogP contribution in [0.4, 0.5) is 4.39 Å². The molecule has 0 aromatic carbocycles. The van der Waals surface area contributed by atoms with Crippen molar-refractivity contribution in [2.24, 2.45) is 5.73 Å². The van der Waals surface area contributed by atoms with Gasteiger partial charge in [0.1, 0.15) is 11.7 Å². The zero-order valence-electron chi connectivity index (χ0n) is 4.80. The van der Waals surface area contributed by atoms with Crippen LogP contribution >= 0.6 is 0 Å². The smallest absolute Gasteiger partial charge is 0.323 e. The van der Waals surface area contributed by atoms with Crippen molar-refractivity contribution in [3.8, 4) is 0 Å². The highest BCUT2D eigenvalue weighted by Gasteiger charge is 2.52. The van der Waals surface area contributed by atoms with E-state index in [9.17, 15) is 9.18 Å². The summed E-state index contributed by atoms with van der Waals surface area (Å²) in [5.41, 5.74) is 3.39. The minimum atomic E-state index is -1.59. The molecule has 0 bridgehead atoms. The van der Waals surface area contributed by atoms with Crippen molar-refractivity contribution in [2.45, 2.75) is 24.6 Å². The van der Waals surface area contributed by atoms with Gasteiger partial charge in [0.2, 0.25) is 0 Å². The summed E-state index contributed by atoms with van der Waals surface area (Å²) in [6.45, 7) is 0. The minimum absolute atomic E-state index is 0.292. The number of carbonyl (C=O) groups is 1. The molecule has 3 nitrogen and oxygen atoms in total. The fourth-order valence-corrected chi connectivity index (χ4v) is 0.652. The highest BCUT2D eigenvalue weighted by atomic mass is 19.1. The van der Waals surface area contributed by atoms with Crippen molar-refractivity contribution in [1.82, 2.24) is 0 Å². The monoisotopic (exact) mass is 133 g/mol. The molecule has 3 N–H and O–H groups in total. The van der Waals surface area contributed by atoms with Crippen molar-refractivity contribution in [2.75, 3.05) is 0 Å². The van der Waals surface area contributed by atoms with Crippen molar-refractivity contribution in [1.29, 1.82) is 0 Å². The van der Waals surface area contributed by atoms with Gasteiger partial charge >= 0.3 is 5.97 Å². The average Bonchev–Trinajstić information content (AvgIpc) is 2.47. The van der Waals surface area contributed by atoms with E-state index in [1.54, 1.807) is 0 Å². The van der Waals surface area contributed by atoms with Crippen LogP contribution in [0.3, 0.4) is 0 Å². The first-order valence-corrected chi connectivity index (χ1v) is 2.73. The second-order valence-electron chi connectivity index (χ2n) is 2.35. The molecule has 0 aliphatic heterocycles. The topological polar surface area (TPSA) is 63.3 Å². The molecule has 1 aliphatic carbocycles. The summed E-state index contributed by atoms with van der Waals surface area (Å²) in [6, 6.07) is -1.32. The molecule has 0 aromatic heterocycles. The van der Waals surface area contributed by atoms with E-state index in [2.05, 4.69) is 0 Å². The van der Waals surface area contributed by atoms with Crippen molar-refractivity contribution < 1.29 is 14.3 Å². The lowest BCUT2D eigenvalue weighted by atomic mass is 10.2. The number of hydrogen-bond donors (Lipinski definition) is 2. The Labute approximate surface area is 51.7 Å². The van der Waals surface area contributed by atoms with Gasteiger partial charge in [-0.3, -0.25) is 4.79 Å². The first-order chi connectivity index (χ1) is 4.06. The Morgan fingerprint density at radius 2 is 2.22 bits per heavy atom. The zero-order chi connectivity index (χ0) is 7.07. The van der Waals surface area contributed by atoms with E-state index >= 15 is 0 Å². The number of halogens is 1. The van der Waals surface area contributed by atoms with E-state index in [0.29, 0.717) is 12.8 Å². The molecular weight excluding hydrogens is 125 g/mol. The fourth-order valence-electron chi connectivity index (χ4n) is 0.652. The predicted octanol–water partition coefficient (Wildman–Crippen LogP) is -0.0996. The van der Waals surface area contributed by atoms with Gasteiger partial charge in [-0.25, -0.2) is 4.39 Å². The fraction of sp³-hybridized carbons (Fsp3) is 0.800. The molecule has 52 valence electrons. The lowest BCUT2D eigenvalue weighted by Gasteiger charge is -2.08. The van der Waals surface area contributed by atoms with E-state index in [0.717, 1.165) is 0 Å².